The summed E-state index contributed by atoms with van der Waals surface area (Å²) in [4.78, 5) is 0. The van der Waals surface area contributed by atoms with Gasteiger partial charge in [-0.25, -0.2) is 4.68 Å². The third kappa shape index (κ3) is 2.47. The van der Waals surface area contributed by atoms with Crippen molar-refractivity contribution in [3.8, 4) is 16.9 Å². The maximum atomic E-state index is 6.24. The Morgan fingerprint density at radius 3 is 2.43 bits per heavy atom. The number of hydrogen-bond acceptors (Lipinski definition) is 2. The lowest BCUT2D eigenvalue weighted by atomic mass is 10.1. The fourth-order valence-corrected chi connectivity index (χ4v) is 3.02. The van der Waals surface area contributed by atoms with Crippen LogP contribution in [0.4, 0.5) is 5.82 Å². The molecule has 0 spiro atoms. The molecule has 106 valence electrons. The highest BCUT2D eigenvalue weighted by Crippen LogP contribution is 2.33. The van der Waals surface area contributed by atoms with Gasteiger partial charge in [0.15, 0.2) is 0 Å². The van der Waals surface area contributed by atoms with Crippen LogP contribution in [-0.4, -0.2) is 9.78 Å². The van der Waals surface area contributed by atoms with E-state index in [9.17, 15) is 0 Å². The number of halogens is 1. The Hall–Kier alpha value is -2.07. The van der Waals surface area contributed by atoms with Crippen LogP contribution in [0.2, 0.25) is 0 Å². The van der Waals surface area contributed by atoms with E-state index in [0.717, 1.165) is 27.0 Å². The number of hydrogen-bond donors (Lipinski definition) is 1. The van der Waals surface area contributed by atoms with Gasteiger partial charge >= 0.3 is 0 Å². The number of benzene rings is 2. The summed E-state index contributed by atoms with van der Waals surface area (Å²) >= 11 is 3.62. The molecule has 0 bridgehead atoms. The Kier molecular flexibility index (Phi) is 3.55. The maximum absolute atomic E-state index is 6.24. The summed E-state index contributed by atoms with van der Waals surface area (Å²) in [6.07, 6.45) is 0. The molecule has 3 nitrogen and oxygen atoms in total. The van der Waals surface area contributed by atoms with Gasteiger partial charge in [-0.2, -0.15) is 5.10 Å². The fraction of sp³-hybridized carbons (Fsp3) is 0.118. The minimum absolute atomic E-state index is 0.670. The molecule has 0 aliphatic carbocycles. The summed E-state index contributed by atoms with van der Waals surface area (Å²) in [5.41, 5.74) is 11.4. The van der Waals surface area contributed by atoms with Crippen molar-refractivity contribution in [3.63, 3.8) is 0 Å². The van der Waals surface area contributed by atoms with Gasteiger partial charge in [-0.15, -0.1) is 0 Å². The van der Waals surface area contributed by atoms with Crippen LogP contribution in [0.3, 0.4) is 0 Å². The second kappa shape index (κ2) is 5.37. The van der Waals surface area contributed by atoms with Gasteiger partial charge in [0.05, 0.1) is 11.4 Å². The van der Waals surface area contributed by atoms with Crippen LogP contribution < -0.4 is 5.73 Å². The number of aromatic nitrogens is 2. The van der Waals surface area contributed by atoms with Gasteiger partial charge in [0.1, 0.15) is 5.82 Å². The van der Waals surface area contributed by atoms with E-state index in [4.69, 9.17) is 10.8 Å². The maximum Gasteiger partial charge on any atom is 0.130 e. The van der Waals surface area contributed by atoms with Crippen LogP contribution >= 0.6 is 15.9 Å². The number of rotatable bonds is 2. The van der Waals surface area contributed by atoms with Crippen LogP contribution in [0.15, 0.2) is 53.0 Å². The van der Waals surface area contributed by atoms with Crippen LogP contribution in [-0.2, 0) is 0 Å². The lowest BCUT2D eigenvalue weighted by Crippen LogP contribution is -2.01. The summed E-state index contributed by atoms with van der Waals surface area (Å²) in [5, 5.41) is 4.70. The zero-order valence-corrected chi connectivity index (χ0v) is 13.6. The van der Waals surface area contributed by atoms with E-state index in [1.54, 1.807) is 4.68 Å². The Balaban J connectivity index is 2.17. The largest absolute Gasteiger partial charge is 0.383 e. The monoisotopic (exact) mass is 341 g/mol. The van der Waals surface area contributed by atoms with Crippen molar-refractivity contribution < 1.29 is 0 Å². The number of nitrogen functional groups attached to an aromatic ring is 1. The molecule has 3 rings (SSSR count). The van der Waals surface area contributed by atoms with Crippen molar-refractivity contribution in [2.24, 2.45) is 0 Å². The highest BCUT2D eigenvalue weighted by molar-refractivity contribution is 9.10. The van der Waals surface area contributed by atoms with Crippen LogP contribution in [0.1, 0.15) is 11.1 Å². The fourth-order valence-electron chi connectivity index (χ4n) is 2.34. The lowest BCUT2D eigenvalue weighted by Gasteiger charge is -2.04. The molecule has 0 unspecified atom stereocenters. The van der Waals surface area contributed by atoms with Gasteiger partial charge in [-0.05, 0) is 37.6 Å². The number of nitrogens with two attached hydrogens (primary N) is 1. The van der Waals surface area contributed by atoms with Crippen molar-refractivity contribution >= 4 is 21.7 Å². The number of para-hydroxylation sites is 1. The van der Waals surface area contributed by atoms with Gasteiger partial charge in [-0.3, -0.25) is 0 Å². The first-order chi connectivity index (χ1) is 10.1. The molecule has 1 aromatic heterocycles. The van der Waals surface area contributed by atoms with E-state index >= 15 is 0 Å². The van der Waals surface area contributed by atoms with Gasteiger partial charge in [0, 0.05) is 15.6 Å². The van der Waals surface area contributed by atoms with E-state index in [2.05, 4.69) is 41.1 Å². The average molecular weight is 342 g/mol. The molecule has 0 fully saturated rings. The number of aryl methyl sites for hydroxylation is 1. The Morgan fingerprint density at radius 2 is 1.76 bits per heavy atom. The molecule has 2 N–H and O–H groups in total. The highest BCUT2D eigenvalue weighted by atomic mass is 79.9. The number of anilines is 1. The first-order valence-corrected chi connectivity index (χ1v) is 7.54. The van der Waals surface area contributed by atoms with Crippen molar-refractivity contribution in [1.29, 1.82) is 0 Å². The zero-order chi connectivity index (χ0) is 15.0. The summed E-state index contributed by atoms with van der Waals surface area (Å²) in [7, 11) is 0. The zero-order valence-electron chi connectivity index (χ0n) is 12.0. The van der Waals surface area contributed by atoms with E-state index < -0.39 is 0 Å². The van der Waals surface area contributed by atoms with Crippen molar-refractivity contribution in [3.05, 3.63) is 64.1 Å². The molecular weight excluding hydrogens is 326 g/mol. The predicted octanol–water partition coefficient (Wildman–Crippen LogP) is 4.50. The molecule has 0 saturated carbocycles. The Bertz CT molecular complexity index is 791. The molecule has 0 aliphatic heterocycles. The summed E-state index contributed by atoms with van der Waals surface area (Å²) in [6, 6.07) is 16.2. The quantitative estimate of drug-likeness (QED) is 0.745. The summed E-state index contributed by atoms with van der Waals surface area (Å²) in [6.45, 7) is 4.07. The van der Waals surface area contributed by atoms with E-state index in [1.165, 1.54) is 5.56 Å². The van der Waals surface area contributed by atoms with E-state index in [0.29, 0.717) is 5.82 Å². The van der Waals surface area contributed by atoms with Gasteiger partial charge in [0.25, 0.3) is 0 Å². The smallest absolute Gasteiger partial charge is 0.130 e. The van der Waals surface area contributed by atoms with Crippen molar-refractivity contribution in [1.82, 2.24) is 9.78 Å². The molecule has 1 heterocycles. The lowest BCUT2D eigenvalue weighted by molar-refractivity contribution is 0.895. The first-order valence-electron chi connectivity index (χ1n) is 6.75. The third-order valence-electron chi connectivity index (χ3n) is 3.55. The Morgan fingerprint density at radius 1 is 1.05 bits per heavy atom. The van der Waals surface area contributed by atoms with Crippen LogP contribution in [0.5, 0.6) is 0 Å². The second-order valence-corrected chi connectivity index (χ2v) is 5.94. The molecule has 0 atom stereocenters. The van der Waals surface area contributed by atoms with Crippen molar-refractivity contribution in [2.75, 3.05) is 5.73 Å². The minimum Gasteiger partial charge on any atom is -0.383 e. The van der Waals surface area contributed by atoms with E-state index in [1.807, 2.05) is 37.3 Å². The standard InChI is InChI=1S/C17H16BrN3/c1-11-8-9-14(15(18)10-11)16-12(2)17(19)21(20-16)13-6-4-3-5-7-13/h3-10H,19H2,1-2H3. The number of nitrogens with zero attached hydrogens (tertiary/aromatic N) is 2. The first kappa shape index (κ1) is 13.9. The molecule has 21 heavy (non-hydrogen) atoms. The Labute approximate surface area is 132 Å². The molecule has 0 amide bonds. The van der Waals surface area contributed by atoms with Gasteiger partial charge in [0.2, 0.25) is 0 Å². The molecule has 0 aliphatic rings. The molecule has 0 radical (unpaired) electrons. The molecule has 2 aromatic carbocycles. The van der Waals surface area contributed by atoms with Gasteiger partial charge < -0.3 is 5.73 Å². The van der Waals surface area contributed by atoms with Crippen molar-refractivity contribution in [2.45, 2.75) is 13.8 Å². The van der Waals surface area contributed by atoms with Crippen LogP contribution in [0.25, 0.3) is 16.9 Å². The second-order valence-electron chi connectivity index (χ2n) is 5.09. The highest BCUT2D eigenvalue weighted by Gasteiger charge is 2.16. The third-order valence-corrected chi connectivity index (χ3v) is 4.20. The van der Waals surface area contributed by atoms with Gasteiger partial charge in [-0.1, -0.05) is 46.3 Å². The topological polar surface area (TPSA) is 43.8 Å². The summed E-state index contributed by atoms with van der Waals surface area (Å²) in [5.74, 6) is 0.670. The molecule has 3 aromatic rings. The molecule has 0 saturated heterocycles. The summed E-state index contributed by atoms with van der Waals surface area (Å²) < 4.78 is 2.82. The van der Waals surface area contributed by atoms with Crippen LogP contribution in [0, 0.1) is 13.8 Å². The minimum atomic E-state index is 0.670. The molecular formula is C17H16BrN3. The molecule has 4 heteroatoms. The SMILES string of the molecule is Cc1ccc(-c2nn(-c3ccccc3)c(N)c2C)c(Br)c1. The predicted molar refractivity (Wildman–Crippen MR) is 90.6 cm³/mol. The normalized spacial score (nSPS) is 10.8. The van der Waals surface area contributed by atoms with E-state index in [-0.39, 0.29) is 0 Å². The average Bonchev–Trinajstić information content (AvgIpc) is 2.77.